The first kappa shape index (κ1) is 26.3. The number of hydrogen-bond acceptors (Lipinski definition) is 6. The van der Waals surface area contributed by atoms with Crippen LogP contribution in [0.2, 0.25) is 0 Å². The van der Waals surface area contributed by atoms with Gasteiger partial charge >= 0.3 is 5.97 Å². The van der Waals surface area contributed by atoms with Crippen LogP contribution in [0.25, 0.3) is 11.1 Å². The molecular formula is C32H30N2O5. The Morgan fingerprint density at radius 3 is 2.56 bits per heavy atom. The van der Waals surface area contributed by atoms with Crippen LogP contribution in [0, 0.1) is 23.2 Å². The van der Waals surface area contributed by atoms with Gasteiger partial charge in [-0.15, -0.1) is 5.92 Å². The number of fused-ring (bicyclic) bond motifs is 1. The van der Waals surface area contributed by atoms with E-state index in [2.05, 4.69) is 22.9 Å². The fourth-order valence-corrected chi connectivity index (χ4v) is 5.32. The molecule has 1 N–H and O–H groups in total. The molecule has 7 heteroatoms. The summed E-state index contributed by atoms with van der Waals surface area (Å²) in [5, 5.41) is 19.1. The number of aromatic nitrogens is 1. The minimum absolute atomic E-state index is 0.0431. The first-order chi connectivity index (χ1) is 19.1. The zero-order valence-corrected chi connectivity index (χ0v) is 21.9. The first-order valence-electron chi connectivity index (χ1n) is 13.2. The van der Waals surface area contributed by atoms with Crippen molar-refractivity contribution in [2.24, 2.45) is 0 Å². The quantitative estimate of drug-likeness (QED) is 0.372. The molecule has 0 spiro atoms. The van der Waals surface area contributed by atoms with Gasteiger partial charge in [0.25, 0.3) is 0 Å². The number of ether oxygens (including phenoxy) is 3. The Hall–Kier alpha value is -4.33. The Bertz CT molecular complexity index is 1420. The lowest BCUT2D eigenvalue weighted by atomic mass is 9.93. The summed E-state index contributed by atoms with van der Waals surface area (Å²) in [4.78, 5) is 15.8. The van der Waals surface area contributed by atoms with Gasteiger partial charge in [-0.25, -0.2) is 4.98 Å². The van der Waals surface area contributed by atoms with Crippen molar-refractivity contribution in [1.29, 1.82) is 5.26 Å². The third-order valence-corrected chi connectivity index (χ3v) is 7.21. The summed E-state index contributed by atoms with van der Waals surface area (Å²) in [6, 6.07) is 17.5. The van der Waals surface area contributed by atoms with Crippen LogP contribution in [-0.2, 0) is 16.0 Å². The highest BCUT2D eigenvalue weighted by atomic mass is 16.5. The van der Waals surface area contributed by atoms with Gasteiger partial charge in [0.05, 0.1) is 37.2 Å². The standard InChI is InChI=1S/C32H30N2O5/c1-2-3-22(18-31(35)36)21-4-8-25(9-5-21)38-29-12-11-28-27(29)10-6-23(19-33)32(28)24-7-13-30(34-20-24)39-26-14-16-37-17-15-26/h4-10,13,20,22,26,29H,11-12,14-18H2,1H3,(H,35,36)/t22-,29+/m0/s1. The number of nitriles is 1. The average Bonchev–Trinajstić information content (AvgIpc) is 3.36. The third-order valence-electron chi connectivity index (χ3n) is 7.21. The second kappa shape index (κ2) is 12.0. The van der Waals surface area contributed by atoms with Gasteiger partial charge in [-0.3, -0.25) is 4.79 Å². The van der Waals surface area contributed by atoms with Gasteiger partial charge in [-0.1, -0.05) is 24.1 Å². The second-order valence-electron chi connectivity index (χ2n) is 9.74. The van der Waals surface area contributed by atoms with Crippen LogP contribution in [0.15, 0.2) is 54.7 Å². The lowest BCUT2D eigenvalue weighted by Gasteiger charge is -2.22. The lowest BCUT2D eigenvalue weighted by Crippen LogP contribution is -2.26. The monoisotopic (exact) mass is 522 g/mol. The zero-order chi connectivity index (χ0) is 27.2. The molecule has 39 heavy (non-hydrogen) atoms. The van der Waals surface area contributed by atoms with E-state index < -0.39 is 5.97 Å². The third kappa shape index (κ3) is 6.06. The Morgan fingerprint density at radius 2 is 1.90 bits per heavy atom. The summed E-state index contributed by atoms with van der Waals surface area (Å²) in [6.45, 7) is 3.12. The maximum absolute atomic E-state index is 11.2. The zero-order valence-electron chi connectivity index (χ0n) is 21.9. The molecule has 1 saturated heterocycles. The first-order valence-corrected chi connectivity index (χ1v) is 13.2. The minimum atomic E-state index is -0.880. The molecule has 2 atom stereocenters. The predicted octanol–water partition coefficient (Wildman–Crippen LogP) is 5.83. The van der Waals surface area contributed by atoms with Gasteiger partial charge in [0, 0.05) is 36.2 Å². The molecule has 1 aliphatic carbocycles. The van der Waals surface area contributed by atoms with Crippen molar-refractivity contribution in [3.05, 3.63) is 77.0 Å². The Balaban J connectivity index is 1.34. The maximum atomic E-state index is 11.2. The van der Waals surface area contributed by atoms with Crippen molar-refractivity contribution in [2.75, 3.05) is 13.2 Å². The van der Waals surface area contributed by atoms with E-state index in [4.69, 9.17) is 14.2 Å². The molecule has 198 valence electrons. The van der Waals surface area contributed by atoms with E-state index in [9.17, 15) is 15.2 Å². The number of rotatable bonds is 8. The maximum Gasteiger partial charge on any atom is 0.304 e. The summed E-state index contributed by atoms with van der Waals surface area (Å²) in [5.74, 6) is 5.85. The average molecular weight is 523 g/mol. The SMILES string of the molecule is CC#C[C@@H](CC(=O)O)c1ccc(O[C@@H]2CCc3c2ccc(C#N)c3-c2ccc(OC3CCOCC3)nc2)cc1. The number of carboxylic acids is 1. The van der Waals surface area contributed by atoms with Crippen LogP contribution in [0.3, 0.4) is 0 Å². The number of pyridine rings is 1. The predicted molar refractivity (Wildman–Crippen MR) is 145 cm³/mol. The van der Waals surface area contributed by atoms with Crippen molar-refractivity contribution < 1.29 is 24.1 Å². The Morgan fingerprint density at radius 1 is 1.10 bits per heavy atom. The largest absolute Gasteiger partial charge is 0.486 e. The van der Waals surface area contributed by atoms with Crippen LogP contribution in [0.1, 0.15) is 66.9 Å². The summed E-state index contributed by atoms with van der Waals surface area (Å²) in [7, 11) is 0. The molecule has 0 saturated carbocycles. The number of carbonyl (C=O) groups is 1. The van der Waals surface area contributed by atoms with Crippen LogP contribution >= 0.6 is 0 Å². The van der Waals surface area contributed by atoms with E-state index >= 15 is 0 Å². The number of aliphatic carboxylic acids is 1. The smallest absolute Gasteiger partial charge is 0.304 e. The lowest BCUT2D eigenvalue weighted by molar-refractivity contribution is -0.137. The summed E-state index contributed by atoms with van der Waals surface area (Å²) in [5.41, 5.74) is 5.42. The summed E-state index contributed by atoms with van der Waals surface area (Å²) in [6.07, 6.45) is 5.00. The van der Waals surface area contributed by atoms with Crippen LogP contribution < -0.4 is 9.47 Å². The Kier molecular flexibility index (Phi) is 8.10. The van der Waals surface area contributed by atoms with Crippen molar-refractivity contribution in [2.45, 2.75) is 57.2 Å². The summed E-state index contributed by atoms with van der Waals surface area (Å²) < 4.78 is 17.8. The van der Waals surface area contributed by atoms with Crippen molar-refractivity contribution in [1.82, 2.24) is 4.98 Å². The molecule has 0 radical (unpaired) electrons. The molecule has 5 rings (SSSR count). The summed E-state index contributed by atoms with van der Waals surface area (Å²) >= 11 is 0. The van der Waals surface area contributed by atoms with E-state index in [1.807, 2.05) is 48.5 Å². The fourth-order valence-electron chi connectivity index (χ4n) is 5.32. The number of benzene rings is 2. The van der Waals surface area contributed by atoms with Gasteiger partial charge in [0.15, 0.2) is 0 Å². The number of carboxylic acid groups (broad SMARTS) is 1. The molecule has 1 aliphatic heterocycles. The van der Waals surface area contributed by atoms with Crippen molar-refractivity contribution in [3.63, 3.8) is 0 Å². The molecule has 1 fully saturated rings. The van der Waals surface area contributed by atoms with E-state index in [0.717, 1.165) is 53.5 Å². The van der Waals surface area contributed by atoms with E-state index in [-0.39, 0.29) is 24.5 Å². The normalized spacial score (nSPS) is 17.3. The van der Waals surface area contributed by atoms with E-state index in [0.29, 0.717) is 30.4 Å². The molecule has 0 bridgehead atoms. The highest BCUT2D eigenvalue weighted by Crippen LogP contribution is 2.42. The molecule has 2 aliphatic rings. The Labute approximate surface area is 228 Å². The topological polar surface area (TPSA) is 102 Å². The molecule has 0 unspecified atom stereocenters. The van der Waals surface area contributed by atoms with Gasteiger partial charge in [0.1, 0.15) is 18.0 Å². The highest BCUT2D eigenvalue weighted by Gasteiger charge is 2.29. The fraction of sp³-hybridized carbons (Fsp3) is 0.344. The van der Waals surface area contributed by atoms with Gasteiger partial charge < -0.3 is 19.3 Å². The van der Waals surface area contributed by atoms with Crippen LogP contribution in [-0.4, -0.2) is 35.4 Å². The molecule has 3 aromatic rings. The van der Waals surface area contributed by atoms with Crippen LogP contribution in [0.4, 0.5) is 0 Å². The molecule has 2 heterocycles. The van der Waals surface area contributed by atoms with Crippen LogP contribution in [0.5, 0.6) is 11.6 Å². The van der Waals surface area contributed by atoms with Gasteiger partial charge in [-0.05, 0) is 60.7 Å². The molecule has 7 nitrogen and oxygen atoms in total. The van der Waals surface area contributed by atoms with E-state index in [1.165, 1.54) is 0 Å². The molecular weight excluding hydrogens is 492 g/mol. The second-order valence-corrected chi connectivity index (χ2v) is 9.74. The molecule has 1 aromatic heterocycles. The number of hydrogen-bond donors (Lipinski definition) is 1. The van der Waals surface area contributed by atoms with Crippen molar-refractivity contribution >= 4 is 5.97 Å². The minimum Gasteiger partial charge on any atom is -0.486 e. The van der Waals surface area contributed by atoms with Crippen molar-refractivity contribution in [3.8, 4) is 40.7 Å². The highest BCUT2D eigenvalue weighted by molar-refractivity contribution is 5.76. The number of nitrogens with zero attached hydrogens (tertiary/aromatic N) is 2. The molecule has 0 amide bonds. The van der Waals surface area contributed by atoms with Gasteiger partial charge in [-0.2, -0.15) is 5.26 Å². The molecule has 2 aromatic carbocycles. The van der Waals surface area contributed by atoms with Gasteiger partial charge in [0.2, 0.25) is 5.88 Å². The van der Waals surface area contributed by atoms with E-state index in [1.54, 1.807) is 13.1 Å².